The summed E-state index contributed by atoms with van der Waals surface area (Å²) in [5, 5.41) is 15.1. The summed E-state index contributed by atoms with van der Waals surface area (Å²) >= 11 is 8.09. The number of aliphatic carboxylic acids is 1. The van der Waals surface area contributed by atoms with E-state index in [1.54, 1.807) is 4.68 Å². The number of carbonyl (C=O) groups is 2. The van der Waals surface area contributed by atoms with E-state index in [1.165, 1.54) is 16.7 Å². The maximum absolute atomic E-state index is 13.3. The molecule has 0 radical (unpaired) electrons. The van der Waals surface area contributed by atoms with Gasteiger partial charge in [0.2, 0.25) is 5.91 Å². The van der Waals surface area contributed by atoms with Gasteiger partial charge >= 0.3 is 5.97 Å². The van der Waals surface area contributed by atoms with Gasteiger partial charge in [-0.05, 0) is 37.1 Å². The summed E-state index contributed by atoms with van der Waals surface area (Å²) in [6.07, 6.45) is 0. The fourth-order valence-electron chi connectivity index (χ4n) is 4.35. The molecule has 0 bridgehead atoms. The molecular weight excluding hydrogens is 470 g/mol. The van der Waals surface area contributed by atoms with Crippen molar-refractivity contribution in [3.05, 3.63) is 75.4 Å². The van der Waals surface area contributed by atoms with Gasteiger partial charge in [-0.3, -0.25) is 14.5 Å². The highest BCUT2D eigenvalue weighted by Gasteiger charge is 2.40. The van der Waals surface area contributed by atoms with Crippen LogP contribution in [0.5, 0.6) is 0 Å². The van der Waals surface area contributed by atoms with Crippen LogP contribution in [0.15, 0.2) is 42.5 Å². The van der Waals surface area contributed by atoms with Crippen LogP contribution in [0.3, 0.4) is 0 Å². The van der Waals surface area contributed by atoms with Crippen LogP contribution in [0.1, 0.15) is 54.0 Å². The predicted octanol–water partition coefficient (Wildman–Crippen LogP) is 5.69. The van der Waals surface area contributed by atoms with E-state index < -0.39 is 12.5 Å². The van der Waals surface area contributed by atoms with E-state index in [4.69, 9.17) is 16.7 Å². The summed E-state index contributed by atoms with van der Waals surface area (Å²) in [5.41, 5.74) is 5.06. The Bertz CT molecular complexity index is 1280. The Balaban J connectivity index is 2.11. The van der Waals surface area contributed by atoms with Crippen LogP contribution >= 0.6 is 23.4 Å². The minimum absolute atomic E-state index is 0.133. The number of hydrogen-bond acceptors (Lipinski definition) is 4. The monoisotopic (exact) mass is 497 g/mol. The summed E-state index contributed by atoms with van der Waals surface area (Å²) in [7, 11) is 0. The van der Waals surface area contributed by atoms with Crippen molar-refractivity contribution in [1.29, 1.82) is 0 Å². The molecule has 0 saturated heterocycles. The average Bonchev–Trinajstić information content (AvgIpc) is 3.07. The van der Waals surface area contributed by atoms with Gasteiger partial charge in [-0.1, -0.05) is 68.3 Å². The lowest BCUT2D eigenvalue weighted by Gasteiger charge is -2.24. The van der Waals surface area contributed by atoms with Gasteiger partial charge in [0.05, 0.1) is 22.4 Å². The zero-order chi connectivity index (χ0) is 24.8. The zero-order valence-electron chi connectivity index (χ0n) is 19.9. The smallest absolute Gasteiger partial charge is 0.323 e. The number of benzene rings is 2. The molecule has 8 heteroatoms. The van der Waals surface area contributed by atoms with Gasteiger partial charge in [0.15, 0.2) is 0 Å². The number of aromatic nitrogens is 2. The summed E-state index contributed by atoms with van der Waals surface area (Å²) in [6.45, 7) is 9.79. The molecule has 0 fully saturated rings. The van der Waals surface area contributed by atoms with E-state index in [1.807, 2.05) is 50.2 Å². The second-order valence-electron chi connectivity index (χ2n) is 9.62. The summed E-state index contributed by atoms with van der Waals surface area (Å²) in [4.78, 5) is 26.5. The highest BCUT2D eigenvalue weighted by Crippen LogP contribution is 2.49. The van der Waals surface area contributed by atoms with Gasteiger partial charge in [-0.25, -0.2) is 4.68 Å². The van der Waals surface area contributed by atoms with Gasteiger partial charge < -0.3 is 5.11 Å². The zero-order valence-corrected chi connectivity index (χ0v) is 21.5. The topological polar surface area (TPSA) is 75.4 Å². The fourth-order valence-corrected chi connectivity index (χ4v) is 5.90. The van der Waals surface area contributed by atoms with E-state index in [-0.39, 0.29) is 22.3 Å². The van der Waals surface area contributed by atoms with Crippen LogP contribution in [-0.2, 0) is 15.0 Å². The molecule has 1 atom stereocenters. The lowest BCUT2D eigenvalue weighted by Crippen LogP contribution is -2.38. The Morgan fingerprint density at radius 1 is 1.21 bits per heavy atom. The van der Waals surface area contributed by atoms with Crippen molar-refractivity contribution in [2.45, 2.75) is 45.3 Å². The third-order valence-corrected chi connectivity index (χ3v) is 7.44. The number of carboxylic acid groups (broad SMARTS) is 1. The van der Waals surface area contributed by atoms with Crippen LogP contribution in [0, 0.1) is 13.8 Å². The second kappa shape index (κ2) is 9.12. The molecule has 0 spiro atoms. The SMILES string of the molecule is Cc1ccc(-n2nc(C(C)(C)C)c3c2N(CC(=O)O)C(=O)CSC3c2ccccc2Cl)c(C)c1. The Kier molecular flexibility index (Phi) is 6.53. The lowest BCUT2D eigenvalue weighted by molar-refractivity contribution is -0.136. The van der Waals surface area contributed by atoms with Gasteiger partial charge in [0, 0.05) is 16.0 Å². The summed E-state index contributed by atoms with van der Waals surface area (Å²) < 4.78 is 1.75. The number of fused-ring (bicyclic) bond motifs is 1. The minimum Gasteiger partial charge on any atom is -0.480 e. The van der Waals surface area contributed by atoms with Gasteiger partial charge in [0.1, 0.15) is 12.4 Å². The molecule has 6 nitrogen and oxygen atoms in total. The molecule has 1 N–H and O–H groups in total. The first-order chi connectivity index (χ1) is 16.0. The van der Waals surface area contributed by atoms with Crippen molar-refractivity contribution < 1.29 is 14.7 Å². The summed E-state index contributed by atoms with van der Waals surface area (Å²) in [6, 6.07) is 13.6. The molecule has 3 aromatic rings. The predicted molar refractivity (Wildman–Crippen MR) is 137 cm³/mol. The standard InChI is InChI=1S/C26H28ClN3O3S/c1-15-10-11-19(16(2)12-15)30-25-22(24(28-30)26(3,4)5)23(17-8-6-7-9-18(17)27)34-14-20(31)29(25)13-21(32)33/h6-12,23H,13-14H2,1-5H3,(H,32,33). The Hall–Kier alpha value is -2.77. The van der Waals surface area contributed by atoms with E-state index in [2.05, 4.69) is 26.8 Å². The number of thioether (sulfide) groups is 1. The molecule has 0 saturated carbocycles. The molecule has 2 heterocycles. The minimum atomic E-state index is -1.08. The molecule has 0 aliphatic carbocycles. The number of amides is 1. The van der Waals surface area contributed by atoms with Crippen molar-refractivity contribution in [2.24, 2.45) is 0 Å². The molecule has 1 aliphatic heterocycles. The Labute approximate surface area is 208 Å². The number of rotatable bonds is 4. The Morgan fingerprint density at radius 3 is 2.53 bits per heavy atom. The van der Waals surface area contributed by atoms with Crippen LogP contribution in [0.2, 0.25) is 5.02 Å². The van der Waals surface area contributed by atoms with Crippen LogP contribution in [0.25, 0.3) is 5.69 Å². The molecule has 1 unspecified atom stereocenters. The molecule has 1 aromatic heterocycles. The van der Waals surface area contributed by atoms with Gasteiger partial charge in [-0.15, -0.1) is 11.8 Å². The van der Waals surface area contributed by atoms with Crippen LogP contribution < -0.4 is 4.90 Å². The number of nitrogens with zero attached hydrogens (tertiary/aromatic N) is 3. The van der Waals surface area contributed by atoms with Crippen molar-refractivity contribution in [3.8, 4) is 5.69 Å². The van der Waals surface area contributed by atoms with Gasteiger partial charge in [0.25, 0.3) is 0 Å². The normalized spacial score (nSPS) is 16.4. The van der Waals surface area contributed by atoms with E-state index in [0.29, 0.717) is 10.8 Å². The average molecular weight is 498 g/mol. The van der Waals surface area contributed by atoms with E-state index in [0.717, 1.165) is 33.6 Å². The van der Waals surface area contributed by atoms with Crippen LogP contribution in [0.4, 0.5) is 5.82 Å². The molecule has 1 amide bonds. The maximum atomic E-state index is 13.3. The van der Waals surface area contributed by atoms with Crippen molar-refractivity contribution in [1.82, 2.24) is 9.78 Å². The van der Waals surface area contributed by atoms with E-state index in [9.17, 15) is 14.7 Å². The highest BCUT2D eigenvalue weighted by atomic mass is 35.5. The molecule has 34 heavy (non-hydrogen) atoms. The first-order valence-electron chi connectivity index (χ1n) is 11.1. The molecule has 4 rings (SSSR count). The number of carboxylic acids is 1. The highest BCUT2D eigenvalue weighted by molar-refractivity contribution is 8.00. The third-order valence-electron chi connectivity index (χ3n) is 5.86. The third kappa shape index (κ3) is 4.46. The summed E-state index contributed by atoms with van der Waals surface area (Å²) in [5.74, 6) is -0.714. The largest absolute Gasteiger partial charge is 0.480 e. The molecular formula is C26H28ClN3O3S. The van der Waals surface area contributed by atoms with Crippen molar-refractivity contribution in [3.63, 3.8) is 0 Å². The number of hydrogen-bond donors (Lipinski definition) is 1. The number of anilines is 1. The van der Waals surface area contributed by atoms with E-state index >= 15 is 0 Å². The number of carbonyl (C=O) groups excluding carboxylic acids is 1. The molecule has 1 aliphatic rings. The first-order valence-corrected chi connectivity index (χ1v) is 12.5. The number of aryl methyl sites for hydroxylation is 2. The Morgan fingerprint density at radius 2 is 1.91 bits per heavy atom. The van der Waals surface area contributed by atoms with Gasteiger partial charge in [-0.2, -0.15) is 5.10 Å². The van der Waals surface area contributed by atoms with Crippen molar-refractivity contribution in [2.75, 3.05) is 17.2 Å². The quantitative estimate of drug-likeness (QED) is 0.500. The maximum Gasteiger partial charge on any atom is 0.323 e. The van der Waals surface area contributed by atoms with Crippen LogP contribution in [-0.4, -0.2) is 39.1 Å². The van der Waals surface area contributed by atoms with Crippen molar-refractivity contribution >= 4 is 41.1 Å². The lowest BCUT2D eigenvalue weighted by atomic mass is 9.87. The molecule has 178 valence electrons. The number of halogens is 1. The molecule has 2 aromatic carbocycles. The first kappa shape index (κ1) is 24.4. The fraction of sp³-hybridized carbons (Fsp3) is 0.346. The second-order valence-corrected chi connectivity index (χ2v) is 11.1.